The largest absolute Gasteiger partial charge is 0.435 e. The van der Waals surface area contributed by atoms with Crippen LogP contribution in [0.25, 0.3) is 16.9 Å². The van der Waals surface area contributed by atoms with Crippen LogP contribution in [0.15, 0.2) is 83.8 Å². The molecule has 4 rings (SSSR count). The van der Waals surface area contributed by atoms with Crippen molar-refractivity contribution in [2.24, 2.45) is 0 Å². The van der Waals surface area contributed by atoms with Gasteiger partial charge in [0, 0.05) is 25.4 Å². The van der Waals surface area contributed by atoms with Gasteiger partial charge >= 0.3 is 6.18 Å². The van der Waals surface area contributed by atoms with Gasteiger partial charge in [0.15, 0.2) is 15.5 Å². The van der Waals surface area contributed by atoms with E-state index in [1.807, 2.05) is 0 Å². The van der Waals surface area contributed by atoms with Crippen LogP contribution in [0.3, 0.4) is 0 Å². The topological polar surface area (TPSA) is 81.1 Å². The standard InChI is InChI=1S/C26H21ClF3N3O3S.H2/c1-37(35,36)20-12-6-17(7-13-20)14-15-31-25(34)19-10-8-18(9-11-19)23-16-24(26(28,29)30)32-33(23)22-5-3-2-4-21(22)27;/h2-13,16H,14-15H2,1H3,(H,31,34);1H. The van der Waals surface area contributed by atoms with Crippen LogP contribution in [0, 0.1) is 0 Å². The van der Waals surface area contributed by atoms with E-state index in [-0.39, 0.29) is 22.9 Å². The van der Waals surface area contributed by atoms with Gasteiger partial charge in [-0.2, -0.15) is 18.3 Å². The molecule has 0 spiro atoms. The number of halogens is 4. The van der Waals surface area contributed by atoms with E-state index in [9.17, 15) is 26.4 Å². The number of alkyl halides is 3. The fourth-order valence-electron chi connectivity index (χ4n) is 3.65. The number of hydrogen-bond acceptors (Lipinski definition) is 4. The number of nitrogens with zero attached hydrogens (tertiary/aromatic N) is 2. The second-order valence-corrected chi connectivity index (χ2v) is 10.7. The van der Waals surface area contributed by atoms with Crippen molar-refractivity contribution in [2.75, 3.05) is 12.8 Å². The van der Waals surface area contributed by atoms with Crippen LogP contribution in [-0.2, 0) is 22.4 Å². The molecule has 0 aliphatic rings. The second kappa shape index (κ2) is 10.4. The summed E-state index contributed by atoms with van der Waals surface area (Å²) in [5, 5.41) is 6.75. The van der Waals surface area contributed by atoms with E-state index in [2.05, 4.69) is 10.4 Å². The fourth-order valence-corrected chi connectivity index (χ4v) is 4.50. The summed E-state index contributed by atoms with van der Waals surface area (Å²) in [6.45, 7) is 0.313. The van der Waals surface area contributed by atoms with Gasteiger partial charge in [0.1, 0.15) is 0 Å². The molecule has 1 N–H and O–H groups in total. The molecule has 1 aromatic heterocycles. The Hall–Kier alpha value is -3.63. The highest BCUT2D eigenvalue weighted by Gasteiger charge is 2.35. The van der Waals surface area contributed by atoms with E-state index in [0.29, 0.717) is 29.8 Å². The molecule has 194 valence electrons. The number of hydrogen-bond donors (Lipinski definition) is 1. The Morgan fingerprint density at radius 3 is 2.27 bits per heavy atom. The van der Waals surface area contributed by atoms with Crippen LogP contribution < -0.4 is 5.32 Å². The number of benzene rings is 3. The van der Waals surface area contributed by atoms with E-state index >= 15 is 0 Å². The van der Waals surface area contributed by atoms with E-state index in [0.717, 1.165) is 22.6 Å². The molecule has 0 bridgehead atoms. The van der Waals surface area contributed by atoms with Crippen molar-refractivity contribution in [1.82, 2.24) is 15.1 Å². The van der Waals surface area contributed by atoms with Crippen molar-refractivity contribution in [3.8, 4) is 16.9 Å². The highest BCUT2D eigenvalue weighted by atomic mass is 35.5. The van der Waals surface area contributed by atoms with Gasteiger partial charge < -0.3 is 5.32 Å². The molecule has 0 aliphatic heterocycles. The van der Waals surface area contributed by atoms with E-state index < -0.39 is 21.7 Å². The molecule has 0 aliphatic carbocycles. The molecular weight excluding hydrogens is 527 g/mol. The number of amides is 1. The molecule has 0 saturated carbocycles. The van der Waals surface area contributed by atoms with Crippen LogP contribution in [0.4, 0.5) is 13.2 Å². The predicted molar refractivity (Wildman–Crippen MR) is 137 cm³/mol. The van der Waals surface area contributed by atoms with Crippen LogP contribution in [0.1, 0.15) is 23.0 Å². The van der Waals surface area contributed by atoms with Crippen molar-refractivity contribution < 1.29 is 27.8 Å². The molecule has 37 heavy (non-hydrogen) atoms. The van der Waals surface area contributed by atoms with E-state index in [1.54, 1.807) is 48.5 Å². The lowest BCUT2D eigenvalue weighted by Crippen LogP contribution is -2.25. The maximum absolute atomic E-state index is 13.4. The number of aromatic nitrogens is 2. The SMILES string of the molecule is CS(=O)(=O)c1ccc(CCNC(=O)c2ccc(-c3cc(C(F)(F)F)nn3-c3ccccc3Cl)cc2)cc1.[HH]. The second-order valence-electron chi connectivity index (χ2n) is 8.28. The summed E-state index contributed by atoms with van der Waals surface area (Å²) in [6.07, 6.45) is -3.02. The van der Waals surface area contributed by atoms with Gasteiger partial charge in [-0.25, -0.2) is 13.1 Å². The summed E-state index contributed by atoms with van der Waals surface area (Å²) in [4.78, 5) is 12.8. The summed E-state index contributed by atoms with van der Waals surface area (Å²) in [5.41, 5.74) is 1.01. The first-order chi connectivity index (χ1) is 17.4. The Bertz CT molecular complexity index is 1540. The summed E-state index contributed by atoms with van der Waals surface area (Å²) >= 11 is 6.21. The van der Waals surface area contributed by atoms with Gasteiger partial charge in [-0.3, -0.25) is 4.79 Å². The lowest BCUT2D eigenvalue weighted by Gasteiger charge is -2.10. The molecule has 6 nitrogen and oxygen atoms in total. The third-order valence-electron chi connectivity index (χ3n) is 5.57. The minimum absolute atomic E-state index is 0. The fraction of sp³-hybridized carbons (Fsp3) is 0.154. The quantitative estimate of drug-likeness (QED) is 0.314. The highest BCUT2D eigenvalue weighted by Crippen LogP contribution is 2.34. The Labute approximate surface area is 218 Å². The monoisotopic (exact) mass is 549 g/mol. The van der Waals surface area contributed by atoms with Gasteiger partial charge in [0.05, 0.1) is 21.3 Å². The zero-order valence-corrected chi connectivity index (χ0v) is 21.0. The molecule has 0 fully saturated rings. The van der Waals surface area contributed by atoms with Crippen molar-refractivity contribution in [2.45, 2.75) is 17.5 Å². The van der Waals surface area contributed by atoms with Gasteiger partial charge in [-0.05, 0) is 54.4 Å². The average molecular weight is 550 g/mol. The van der Waals surface area contributed by atoms with Crippen molar-refractivity contribution in [3.05, 3.63) is 101 Å². The Morgan fingerprint density at radius 1 is 1.03 bits per heavy atom. The molecule has 1 heterocycles. The molecule has 0 saturated heterocycles. The number of nitrogens with one attached hydrogen (secondary N) is 1. The van der Waals surface area contributed by atoms with Crippen LogP contribution in [0.2, 0.25) is 5.02 Å². The van der Waals surface area contributed by atoms with Crippen LogP contribution in [0.5, 0.6) is 0 Å². The van der Waals surface area contributed by atoms with E-state index in [1.165, 1.54) is 24.3 Å². The van der Waals surface area contributed by atoms with Gasteiger partial charge in [-0.1, -0.05) is 48.0 Å². The van der Waals surface area contributed by atoms with Gasteiger partial charge in [0.25, 0.3) is 5.91 Å². The number of sulfone groups is 1. The van der Waals surface area contributed by atoms with Crippen LogP contribution in [-0.4, -0.2) is 36.9 Å². The highest BCUT2D eigenvalue weighted by molar-refractivity contribution is 7.90. The zero-order chi connectivity index (χ0) is 26.8. The third-order valence-corrected chi connectivity index (χ3v) is 7.02. The predicted octanol–water partition coefficient (Wildman–Crippen LogP) is 5.83. The van der Waals surface area contributed by atoms with Crippen molar-refractivity contribution >= 4 is 27.3 Å². The number of para-hydroxylation sites is 1. The third kappa shape index (κ3) is 6.20. The molecule has 1 amide bonds. The minimum atomic E-state index is -4.65. The summed E-state index contributed by atoms with van der Waals surface area (Å²) in [5.74, 6) is -0.352. The Morgan fingerprint density at radius 2 is 1.68 bits per heavy atom. The summed E-state index contributed by atoms with van der Waals surface area (Å²) in [7, 11) is -3.28. The van der Waals surface area contributed by atoms with Crippen molar-refractivity contribution in [3.63, 3.8) is 0 Å². The first-order valence-corrected chi connectivity index (χ1v) is 13.3. The molecule has 4 aromatic rings. The molecular formula is C26H23ClF3N3O3S. The maximum Gasteiger partial charge on any atom is 0.435 e. The number of carbonyl (C=O) groups is 1. The first kappa shape index (κ1) is 26.4. The lowest BCUT2D eigenvalue weighted by atomic mass is 10.1. The summed E-state index contributed by atoms with van der Waals surface area (Å²) < 4.78 is 64.5. The minimum Gasteiger partial charge on any atom is -0.352 e. The van der Waals surface area contributed by atoms with Gasteiger partial charge in [-0.15, -0.1) is 0 Å². The normalized spacial score (nSPS) is 11.9. The lowest BCUT2D eigenvalue weighted by molar-refractivity contribution is -0.141. The molecule has 0 unspecified atom stereocenters. The Kier molecular flexibility index (Phi) is 7.42. The zero-order valence-electron chi connectivity index (χ0n) is 19.5. The first-order valence-electron chi connectivity index (χ1n) is 11.0. The molecule has 3 aromatic carbocycles. The Balaban J connectivity index is 0.00000400. The number of rotatable bonds is 7. The summed E-state index contributed by atoms with van der Waals surface area (Å²) in [6, 6.07) is 19.9. The van der Waals surface area contributed by atoms with Crippen LogP contribution >= 0.6 is 11.6 Å². The number of carbonyl (C=O) groups excluding carboxylic acids is 1. The molecule has 11 heteroatoms. The average Bonchev–Trinajstić information content (AvgIpc) is 3.30. The van der Waals surface area contributed by atoms with Crippen molar-refractivity contribution in [1.29, 1.82) is 0 Å². The maximum atomic E-state index is 13.4. The van der Waals surface area contributed by atoms with E-state index in [4.69, 9.17) is 11.6 Å². The van der Waals surface area contributed by atoms with Gasteiger partial charge in [0.2, 0.25) is 0 Å². The smallest absolute Gasteiger partial charge is 0.352 e. The molecule has 0 atom stereocenters. The molecule has 0 radical (unpaired) electrons.